The third kappa shape index (κ3) is 3.72. The molecule has 0 amide bonds. The zero-order valence-corrected chi connectivity index (χ0v) is 16.0. The predicted octanol–water partition coefficient (Wildman–Crippen LogP) is 1.38. The second kappa shape index (κ2) is 8.51. The van der Waals surface area contributed by atoms with Gasteiger partial charge in [-0.05, 0) is 23.2 Å². The van der Waals surface area contributed by atoms with Crippen LogP contribution in [0, 0.1) is 0 Å². The van der Waals surface area contributed by atoms with Crippen molar-refractivity contribution < 1.29 is 19.7 Å². The number of nitrogens with zero attached hydrogens (tertiary/aromatic N) is 7. The van der Waals surface area contributed by atoms with Crippen molar-refractivity contribution in [3.05, 3.63) is 52.9 Å². The Balaban J connectivity index is 1.55. The maximum Gasteiger partial charge on any atom is 0.167 e. The molecule has 0 radical (unpaired) electrons. The maximum absolute atomic E-state index is 10.4. The Morgan fingerprint density at radius 1 is 1.23 bits per heavy atom. The lowest BCUT2D eigenvalue weighted by molar-refractivity contribution is -0.0321. The summed E-state index contributed by atoms with van der Waals surface area (Å²) >= 11 is 0. The van der Waals surface area contributed by atoms with Gasteiger partial charge in [0.1, 0.15) is 24.3 Å². The summed E-state index contributed by atoms with van der Waals surface area (Å²) < 4.78 is 12.4. The molecule has 12 nitrogen and oxygen atoms in total. The summed E-state index contributed by atoms with van der Waals surface area (Å²) in [4.78, 5) is 15.5. The number of aromatic nitrogens is 4. The zero-order chi connectivity index (χ0) is 21.1. The van der Waals surface area contributed by atoms with Crippen molar-refractivity contribution in [2.75, 3.05) is 19.0 Å². The zero-order valence-electron chi connectivity index (χ0n) is 16.0. The molecule has 1 saturated heterocycles. The third-order valence-electron chi connectivity index (χ3n) is 4.91. The Hall–Kier alpha value is -3.44. The quantitative estimate of drug-likeness (QED) is 0.297. The summed E-state index contributed by atoms with van der Waals surface area (Å²) in [6.07, 6.45) is -1.33. The van der Waals surface area contributed by atoms with E-state index in [9.17, 15) is 10.2 Å². The van der Waals surface area contributed by atoms with Crippen LogP contribution in [0.25, 0.3) is 21.6 Å². The van der Waals surface area contributed by atoms with Crippen LogP contribution in [0.2, 0.25) is 0 Å². The van der Waals surface area contributed by atoms with Gasteiger partial charge in [-0.2, -0.15) is 0 Å². The molecular formula is C18H20N8O4. The van der Waals surface area contributed by atoms with Crippen molar-refractivity contribution in [3.8, 4) is 5.75 Å². The molecule has 12 heteroatoms. The number of imidazole rings is 1. The third-order valence-corrected chi connectivity index (χ3v) is 4.91. The first kappa shape index (κ1) is 19.9. The van der Waals surface area contributed by atoms with Crippen LogP contribution in [-0.4, -0.2) is 61.7 Å². The largest absolute Gasteiger partial charge is 0.497 e. The lowest BCUT2D eigenvalue weighted by Crippen LogP contribution is -2.32. The van der Waals surface area contributed by atoms with Gasteiger partial charge in [-0.15, -0.1) is 0 Å². The highest BCUT2D eigenvalue weighted by atomic mass is 16.6. The second-order valence-corrected chi connectivity index (χ2v) is 6.71. The highest BCUT2D eigenvalue weighted by Gasteiger charge is 2.43. The summed E-state index contributed by atoms with van der Waals surface area (Å²) in [5.41, 5.74) is 10.4. The first-order valence-electron chi connectivity index (χ1n) is 9.19. The number of fused-ring (bicyclic) bond motifs is 1. The Morgan fingerprint density at radius 3 is 2.77 bits per heavy atom. The molecule has 3 aromatic rings. The van der Waals surface area contributed by atoms with Gasteiger partial charge in [-0.25, -0.2) is 15.0 Å². The molecule has 0 saturated carbocycles. The molecule has 0 unspecified atom stereocenters. The van der Waals surface area contributed by atoms with E-state index in [0.29, 0.717) is 23.5 Å². The summed E-state index contributed by atoms with van der Waals surface area (Å²) in [5.74, 6) is 1.30. The number of benzene rings is 1. The van der Waals surface area contributed by atoms with Crippen LogP contribution in [0.5, 0.6) is 5.75 Å². The molecule has 1 fully saturated rings. The van der Waals surface area contributed by atoms with Gasteiger partial charge in [0.15, 0.2) is 23.2 Å². The Labute approximate surface area is 170 Å². The Morgan fingerprint density at radius 2 is 2.03 bits per heavy atom. The smallest absolute Gasteiger partial charge is 0.167 e. The molecule has 1 aliphatic rings. The monoisotopic (exact) mass is 412 g/mol. The molecule has 0 aliphatic carbocycles. The highest BCUT2D eigenvalue weighted by Crippen LogP contribution is 2.32. The molecule has 1 aromatic carbocycles. The first-order valence-corrected chi connectivity index (χ1v) is 9.19. The topological polar surface area (TPSA) is 163 Å². The number of anilines is 1. The number of aliphatic hydroxyl groups is 2. The van der Waals surface area contributed by atoms with Gasteiger partial charge in [0.25, 0.3) is 0 Å². The number of hydrogen-bond donors (Lipinski definition) is 3. The van der Waals surface area contributed by atoms with E-state index in [2.05, 4.69) is 30.3 Å². The van der Waals surface area contributed by atoms with Gasteiger partial charge in [0.2, 0.25) is 0 Å². The van der Waals surface area contributed by atoms with E-state index in [0.717, 1.165) is 11.3 Å². The molecule has 3 heterocycles. The molecule has 4 rings (SSSR count). The molecule has 1 aliphatic heterocycles. The van der Waals surface area contributed by atoms with Crippen molar-refractivity contribution >= 4 is 17.0 Å². The Kier molecular flexibility index (Phi) is 5.63. The van der Waals surface area contributed by atoms with Crippen molar-refractivity contribution in [1.82, 2.24) is 19.5 Å². The molecule has 0 spiro atoms. The number of rotatable bonds is 7. The highest BCUT2D eigenvalue weighted by molar-refractivity contribution is 5.82. The summed E-state index contributed by atoms with van der Waals surface area (Å²) in [5, 5.41) is 27.2. The summed E-state index contributed by atoms with van der Waals surface area (Å²) in [7, 11) is 1.62. The van der Waals surface area contributed by atoms with E-state index in [1.807, 2.05) is 24.3 Å². The van der Waals surface area contributed by atoms with Crippen molar-refractivity contribution in [1.29, 1.82) is 0 Å². The average molecular weight is 412 g/mol. The van der Waals surface area contributed by atoms with Crippen molar-refractivity contribution in [2.24, 2.45) is 5.11 Å². The Bertz CT molecular complexity index is 1070. The van der Waals surface area contributed by atoms with Crippen LogP contribution in [0.1, 0.15) is 11.8 Å². The fraction of sp³-hybridized carbons (Fsp3) is 0.389. The molecule has 156 valence electrons. The SMILES string of the molecule is COc1ccc(CNc2ncnc3c2ncn3[C@@H]2O[C@H](CN=[N+]=[N-])[C@@H](O)[C@H]2O)cc1. The van der Waals surface area contributed by atoms with E-state index in [1.165, 1.54) is 17.2 Å². The van der Waals surface area contributed by atoms with Crippen LogP contribution in [0.4, 0.5) is 5.82 Å². The fourth-order valence-electron chi connectivity index (χ4n) is 3.32. The van der Waals surface area contributed by atoms with E-state index in [-0.39, 0.29) is 6.54 Å². The maximum atomic E-state index is 10.4. The number of ether oxygens (including phenoxy) is 2. The van der Waals surface area contributed by atoms with Gasteiger partial charge in [0, 0.05) is 11.5 Å². The minimum absolute atomic E-state index is 0.0957. The van der Waals surface area contributed by atoms with Gasteiger partial charge < -0.3 is 25.0 Å². The molecule has 4 atom stereocenters. The summed E-state index contributed by atoms with van der Waals surface area (Å²) in [6, 6.07) is 7.63. The van der Waals surface area contributed by atoms with E-state index in [4.69, 9.17) is 15.0 Å². The van der Waals surface area contributed by atoms with E-state index >= 15 is 0 Å². The standard InChI is InChI=1S/C18H20N8O4/c1-29-11-4-2-10(3-5-11)6-20-16-13-17(22-8-21-16)26(9-23-13)18-15(28)14(27)12(30-18)7-24-25-19/h2-5,8-9,12,14-15,18,27-28H,6-7H2,1H3,(H,20,21,22)/t12-,14-,15-,18-/m1/s1. The lowest BCUT2D eigenvalue weighted by Gasteiger charge is -2.16. The number of nitrogens with one attached hydrogen (secondary N) is 1. The molecule has 3 N–H and O–H groups in total. The van der Waals surface area contributed by atoms with Gasteiger partial charge in [-0.1, -0.05) is 17.2 Å². The normalized spacial score (nSPS) is 23.3. The average Bonchev–Trinajstić information content (AvgIpc) is 3.33. The minimum atomic E-state index is -1.23. The molecule has 2 aromatic heterocycles. The summed E-state index contributed by atoms with van der Waals surface area (Å²) in [6.45, 7) is 0.417. The molecular weight excluding hydrogens is 392 g/mol. The number of methoxy groups -OCH3 is 1. The molecule has 0 bridgehead atoms. The van der Waals surface area contributed by atoms with Crippen LogP contribution in [-0.2, 0) is 11.3 Å². The minimum Gasteiger partial charge on any atom is -0.497 e. The first-order chi connectivity index (χ1) is 14.6. The van der Waals surface area contributed by atoms with Crippen LogP contribution in [0.3, 0.4) is 0 Å². The fourth-order valence-corrected chi connectivity index (χ4v) is 3.32. The second-order valence-electron chi connectivity index (χ2n) is 6.71. The number of hydrogen-bond acceptors (Lipinski definition) is 9. The van der Waals surface area contributed by atoms with Gasteiger partial charge in [0.05, 0.1) is 26.1 Å². The van der Waals surface area contributed by atoms with Crippen LogP contribution < -0.4 is 10.1 Å². The lowest BCUT2D eigenvalue weighted by atomic mass is 10.1. The van der Waals surface area contributed by atoms with Crippen LogP contribution >= 0.6 is 0 Å². The number of aliphatic hydroxyl groups excluding tert-OH is 2. The van der Waals surface area contributed by atoms with Crippen LogP contribution in [0.15, 0.2) is 42.0 Å². The van der Waals surface area contributed by atoms with E-state index < -0.39 is 24.5 Å². The van der Waals surface area contributed by atoms with Gasteiger partial charge in [-0.3, -0.25) is 4.57 Å². The predicted molar refractivity (Wildman–Crippen MR) is 106 cm³/mol. The van der Waals surface area contributed by atoms with Gasteiger partial charge >= 0.3 is 0 Å². The van der Waals surface area contributed by atoms with E-state index in [1.54, 1.807) is 7.11 Å². The molecule has 30 heavy (non-hydrogen) atoms. The van der Waals surface area contributed by atoms with Crippen molar-refractivity contribution in [3.63, 3.8) is 0 Å². The van der Waals surface area contributed by atoms with Crippen molar-refractivity contribution in [2.45, 2.75) is 31.1 Å². The number of azide groups is 1.